The molecule has 4 heteroatoms. The molecule has 1 radical (unpaired) electrons. The third-order valence-corrected chi connectivity index (χ3v) is 1.44. The van der Waals surface area contributed by atoms with E-state index in [2.05, 4.69) is 0 Å². The molecule has 0 aromatic heterocycles. The molecule has 1 aromatic rings. The zero-order valence-corrected chi connectivity index (χ0v) is 6.10. The summed E-state index contributed by atoms with van der Waals surface area (Å²) < 4.78 is 24.5. The van der Waals surface area contributed by atoms with Gasteiger partial charge in [0.2, 0.25) is 0 Å². The second-order valence-corrected chi connectivity index (χ2v) is 2.41. The molecule has 0 nitrogen and oxygen atoms in total. The van der Waals surface area contributed by atoms with E-state index in [1.165, 1.54) is 0 Å². The van der Waals surface area contributed by atoms with E-state index < -0.39 is 11.6 Å². The van der Waals surface area contributed by atoms with Crippen molar-refractivity contribution >= 4 is 23.2 Å². The Kier molecular flexibility index (Phi) is 2.11. The van der Waals surface area contributed by atoms with Gasteiger partial charge in [0.15, 0.2) is 11.6 Å². The smallest absolute Gasteiger partial charge is 0.152 e. The van der Waals surface area contributed by atoms with E-state index in [0.717, 1.165) is 6.07 Å². The van der Waals surface area contributed by atoms with Crippen molar-refractivity contribution in [3.63, 3.8) is 0 Å². The lowest BCUT2D eigenvalue weighted by atomic mass is 10.3. The molecule has 0 saturated heterocycles. The number of hydrogen-bond donors (Lipinski definition) is 0. The molecule has 0 N–H and O–H groups in total. The van der Waals surface area contributed by atoms with Crippen molar-refractivity contribution in [2.24, 2.45) is 0 Å². The van der Waals surface area contributed by atoms with Crippen molar-refractivity contribution in [2.75, 3.05) is 0 Å². The summed E-state index contributed by atoms with van der Waals surface area (Å²) >= 11 is 10.5. The van der Waals surface area contributed by atoms with Crippen LogP contribution in [0.1, 0.15) is 0 Å². The van der Waals surface area contributed by atoms with Crippen LogP contribution >= 0.6 is 23.2 Å². The lowest BCUT2D eigenvalue weighted by Gasteiger charge is -1.94. The lowest BCUT2D eigenvalue weighted by molar-refractivity contribution is 0.580. The van der Waals surface area contributed by atoms with Gasteiger partial charge in [-0.2, -0.15) is 0 Å². The zero-order valence-electron chi connectivity index (χ0n) is 4.59. The molecule has 1 rings (SSSR count). The van der Waals surface area contributed by atoms with Crippen LogP contribution in [0, 0.1) is 17.7 Å². The van der Waals surface area contributed by atoms with Crippen LogP contribution < -0.4 is 0 Å². The largest absolute Gasteiger partial charge is 0.205 e. The summed E-state index contributed by atoms with van der Waals surface area (Å²) in [5.74, 6) is -1.85. The first-order valence-electron chi connectivity index (χ1n) is 2.33. The quantitative estimate of drug-likeness (QED) is 0.540. The van der Waals surface area contributed by atoms with Crippen molar-refractivity contribution in [1.29, 1.82) is 0 Å². The predicted molar refractivity (Wildman–Crippen MR) is 35.2 cm³/mol. The van der Waals surface area contributed by atoms with Crippen LogP contribution in [-0.4, -0.2) is 0 Å². The maximum Gasteiger partial charge on any atom is 0.152 e. The van der Waals surface area contributed by atoms with Gasteiger partial charge >= 0.3 is 0 Å². The van der Waals surface area contributed by atoms with Gasteiger partial charge in [-0.25, -0.2) is 8.78 Å². The molecule has 0 bridgehead atoms. The summed E-state index contributed by atoms with van der Waals surface area (Å²) in [6.45, 7) is 0. The number of benzene rings is 1. The molecule has 0 spiro atoms. The highest BCUT2D eigenvalue weighted by atomic mass is 35.5. The Morgan fingerprint density at radius 1 is 1.10 bits per heavy atom. The summed E-state index contributed by atoms with van der Waals surface area (Å²) in [6.07, 6.45) is 0. The standard InChI is InChI=1S/C6HCl2F2/c7-3-1-4(8)6(10)2-5(3)9/h1H. The number of rotatable bonds is 0. The Balaban J connectivity index is 3.28. The molecule has 0 aliphatic carbocycles. The molecular formula is C6HCl2F2. The van der Waals surface area contributed by atoms with Crippen molar-refractivity contribution in [3.8, 4) is 0 Å². The van der Waals surface area contributed by atoms with Crippen molar-refractivity contribution < 1.29 is 8.78 Å². The minimum atomic E-state index is -0.927. The fraction of sp³-hybridized carbons (Fsp3) is 0. The molecule has 0 aliphatic heterocycles. The molecule has 0 fully saturated rings. The van der Waals surface area contributed by atoms with Gasteiger partial charge in [0.05, 0.1) is 16.1 Å². The normalized spacial score (nSPS) is 10.0. The van der Waals surface area contributed by atoms with Crippen LogP contribution in [0.3, 0.4) is 0 Å². The summed E-state index contributed by atoms with van der Waals surface area (Å²) in [7, 11) is 0. The van der Waals surface area contributed by atoms with Gasteiger partial charge in [-0.3, -0.25) is 0 Å². The maximum atomic E-state index is 12.3. The second-order valence-electron chi connectivity index (χ2n) is 1.59. The highest BCUT2D eigenvalue weighted by Crippen LogP contribution is 2.21. The summed E-state index contributed by atoms with van der Waals surface area (Å²) in [5, 5.41) is -0.460. The van der Waals surface area contributed by atoms with E-state index in [1.54, 1.807) is 6.07 Å². The second kappa shape index (κ2) is 2.72. The third-order valence-electron chi connectivity index (χ3n) is 0.892. The van der Waals surface area contributed by atoms with Crippen LogP contribution in [0.25, 0.3) is 0 Å². The van der Waals surface area contributed by atoms with Gasteiger partial charge in [0.1, 0.15) is 0 Å². The van der Waals surface area contributed by atoms with E-state index in [4.69, 9.17) is 23.2 Å². The zero-order chi connectivity index (χ0) is 7.72. The molecule has 0 unspecified atom stereocenters. The van der Waals surface area contributed by atoms with E-state index >= 15 is 0 Å². The molecule has 53 valence electrons. The Hall–Kier alpha value is -0.340. The molecule has 0 atom stereocenters. The average molecular weight is 182 g/mol. The van der Waals surface area contributed by atoms with Gasteiger partial charge in [0, 0.05) is 0 Å². The molecule has 1 aromatic carbocycles. The van der Waals surface area contributed by atoms with E-state index in [0.29, 0.717) is 0 Å². The molecule has 0 amide bonds. The van der Waals surface area contributed by atoms with Crippen LogP contribution in [0.15, 0.2) is 6.07 Å². The highest BCUT2D eigenvalue weighted by molar-refractivity contribution is 6.34. The fourth-order valence-corrected chi connectivity index (χ4v) is 0.822. The summed E-state index contributed by atoms with van der Waals surface area (Å²) in [5.41, 5.74) is 0. The Bertz CT molecular complexity index is 210. The van der Waals surface area contributed by atoms with E-state index in [1.807, 2.05) is 0 Å². The van der Waals surface area contributed by atoms with Gasteiger partial charge in [-0.15, -0.1) is 0 Å². The van der Waals surface area contributed by atoms with Gasteiger partial charge in [-0.05, 0) is 6.07 Å². The minimum absolute atomic E-state index is 0.230. The van der Waals surface area contributed by atoms with Crippen LogP contribution in [-0.2, 0) is 0 Å². The van der Waals surface area contributed by atoms with E-state index in [9.17, 15) is 8.78 Å². The van der Waals surface area contributed by atoms with Crippen molar-refractivity contribution in [2.45, 2.75) is 0 Å². The Morgan fingerprint density at radius 2 is 1.50 bits per heavy atom. The minimum Gasteiger partial charge on any atom is -0.205 e. The number of hydrogen-bond acceptors (Lipinski definition) is 0. The molecule has 0 heterocycles. The molecule has 10 heavy (non-hydrogen) atoms. The van der Waals surface area contributed by atoms with Crippen molar-refractivity contribution in [1.82, 2.24) is 0 Å². The van der Waals surface area contributed by atoms with Crippen molar-refractivity contribution in [3.05, 3.63) is 33.8 Å². The van der Waals surface area contributed by atoms with E-state index in [-0.39, 0.29) is 10.0 Å². The molecule has 0 saturated carbocycles. The van der Waals surface area contributed by atoms with Gasteiger partial charge in [0.25, 0.3) is 0 Å². The van der Waals surface area contributed by atoms with Crippen LogP contribution in [0.4, 0.5) is 8.78 Å². The fourth-order valence-electron chi connectivity index (χ4n) is 0.454. The van der Waals surface area contributed by atoms with Gasteiger partial charge < -0.3 is 0 Å². The maximum absolute atomic E-state index is 12.3. The molecular weight excluding hydrogens is 181 g/mol. The molecule has 0 aliphatic rings. The highest BCUT2D eigenvalue weighted by Gasteiger charge is 2.05. The first kappa shape index (κ1) is 7.76. The lowest BCUT2D eigenvalue weighted by Crippen LogP contribution is -1.82. The number of halogens is 4. The monoisotopic (exact) mass is 181 g/mol. The first-order chi connectivity index (χ1) is 4.61. The summed E-state index contributed by atoms with van der Waals surface area (Å²) in [4.78, 5) is 0. The third kappa shape index (κ3) is 1.39. The SMILES string of the molecule is Fc1[c]c(F)c(Cl)cc1Cl. The van der Waals surface area contributed by atoms with Crippen LogP contribution in [0.5, 0.6) is 0 Å². The first-order valence-corrected chi connectivity index (χ1v) is 3.09. The topological polar surface area (TPSA) is 0 Å². The average Bonchev–Trinajstić information content (AvgIpc) is 1.84. The Labute approximate surface area is 66.4 Å². The van der Waals surface area contributed by atoms with Gasteiger partial charge in [-0.1, -0.05) is 23.2 Å². The Morgan fingerprint density at radius 3 is 1.80 bits per heavy atom. The van der Waals surface area contributed by atoms with Crippen LogP contribution in [0.2, 0.25) is 10.0 Å². The summed E-state index contributed by atoms with van der Waals surface area (Å²) in [6, 6.07) is 2.70. The predicted octanol–water partition coefficient (Wildman–Crippen LogP) is 3.07.